The minimum atomic E-state index is -0.0375. The van der Waals surface area contributed by atoms with Gasteiger partial charge in [0.1, 0.15) is 12.3 Å². The quantitative estimate of drug-likeness (QED) is 0.888. The summed E-state index contributed by atoms with van der Waals surface area (Å²) < 4.78 is 5.67. The standard InChI is InChI=1S/C12H16BrN3O3/c1-19-8-11(17)15-2-4-16(5-3-15)12(18)10-6-9(13)7-14-10/h6-7,14H,2-5,8H2,1H3. The van der Waals surface area contributed by atoms with Gasteiger partial charge in [0.15, 0.2) is 0 Å². The summed E-state index contributed by atoms with van der Waals surface area (Å²) in [6.45, 7) is 2.29. The molecule has 0 bridgehead atoms. The van der Waals surface area contributed by atoms with Crippen molar-refractivity contribution >= 4 is 27.7 Å². The van der Waals surface area contributed by atoms with Crippen molar-refractivity contribution in [2.24, 2.45) is 0 Å². The zero-order valence-corrected chi connectivity index (χ0v) is 12.3. The van der Waals surface area contributed by atoms with Crippen molar-refractivity contribution in [3.63, 3.8) is 0 Å². The Labute approximate surface area is 119 Å². The molecule has 0 aromatic carbocycles. The third kappa shape index (κ3) is 3.36. The highest BCUT2D eigenvalue weighted by atomic mass is 79.9. The van der Waals surface area contributed by atoms with Crippen molar-refractivity contribution in [2.75, 3.05) is 39.9 Å². The van der Waals surface area contributed by atoms with Gasteiger partial charge in [-0.15, -0.1) is 0 Å². The van der Waals surface area contributed by atoms with Crippen LogP contribution in [-0.2, 0) is 9.53 Å². The normalized spacial score (nSPS) is 15.7. The predicted octanol–water partition coefficient (Wildman–Crippen LogP) is 0.708. The third-order valence-electron chi connectivity index (χ3n) is 3.07. The van der Waals surface area contributed by atoms with E-state index >= 15 is 0 Å². The number of nitrogens with one attached hydrogen (secondary N) is 1. The molecule has 1 aromatic rings. The van der Waals surface area contributed by atoms with Crippen LogP contribution < -0.4 is 0 Å². The van der Waals surface area contributed by atoms with E-state index in [0.29, 0.717) is 31.9 Å². The van der Waals surface area contributed by atoms with E-state index in [4.69, 9.17) is 4.74 Å². The fourth-order valence-corrected chi connectivity index (χ4v) is 2.38. The summed E-state index contributed by atoms with van der Waals surface area (Å²) in [5.74, 6) is -0.0678. The van der Waals surface area contributed by atoms with Gasteiger partial charge in [-0.3, -0.25) is 9.59 Å². The maximum atomic E-state index is 12.2. The van der Waals surface area contributed by atoms with E-state index in [1.807, 2.05) is 0 Å². The second-order valence-electron chi connectivity index (χ2n) is 4.34. The van der Waals surface area contributed by atoms with Gasteiger partial charge in [0, 0.05) is 44.0 Å². The Balaban J connectivity index is 1.89. The van der Waals surface area contributed by atoms with Crippen molar-refractivity contribution in [2.45, 2.75) is 0 Å². The fourth-order valence-electron chi connectivity index (χ4n) is 2.04. The van der Waals surface area contributed by atoms with Crippen molar-refractivity contribution in [1.29, 1.82) is 0 Å². The number of hydrogen-bond donors (Lipinski definition) is 1. The molecule has 2 rings (SSSR count). The summed E-state index contributed by atoms with van der Waals surface area (Å²) >= 11 is 3.30. The van der Waals surface area contributed by atoms with Gasteiger partial charge in [0.25, 0.3) is 5.91 Å². The van der Waals surface area contributed by atoms with Crippen molar-refractivity contribution < 1.29 is 14.3 Å². The first-order valence-electron chi connectivity index (χ1n) is 6.01. The van der Waals surface area contributed by atoms with Crippen LogP contribution in [-0.4, -0.2) is 66.5 Å². The Hall–Kier alpha value is -1.34. The molecule has 1 aliphatic rings. The zero-order chi connectivity index (χ0) is 13.8. The monoisotopic (exact) mass is 329 g/mol. The Morgan fingerprint density at radius 2 is 1.95 bits per heavy atom. The summed E-state index contributed by atoms with van der Waals surface area (Å²) in [4.78, 5) is 30.2. The Morgan fingerprint density at radius 1 is 1.32 bits per heavy atom. The van der Waals surface area contributed by atoms with E-state index in [9.17, 15) is 9.59 Å². The number of methoxy groups -OCH3 is 1. The number of aromatic amines is 1. The van der Waals surface area contributed by atoms with Gasteiger partial charge < -0.3 is 19.5 Å². The van der Waals surface area contributed by atoms with Crippen LogP contribution in [0, 0.1) is 0 Å². The van der Waals surface area contributed by atoms with Crippen LogP contribution in [0.3, 0.4) is 0 Å². The lowest BCUT2D eigenvalue weighted by Crippen LogP contribution is -2.51. The number of ether oxygens (including phenoxy) is 1. The highest BCUT2D eigenvalue weighted by Crippen LogP contribution is 2.13. The number of carbonyl (C=O) groups is 2. The molecule has 1 N–H and O–H groups in total. The molecule has 1 saturated heterocycles. The lowest BCUT2D eigenvalue weighted by molar-refractivity contribution is -0.136. The molecule has 0 atom stereocenters. The number of H-pyrrole nitrogens is 1. The number of amides is 2. The fraction of sp³-hybridized carbons (Fsp3) is 0.500. The zero-order valence-electron chi connectivity index (χ0n) is 10.7. The molecule has 7 heteroatoms. The molecule has 0 aliphatic carbocycles. The van der Waals surface area contributed by atoms with Gasteiger partial charge in [0.2, 0.25) is 5.91 Å². The molecule has 1 aromatic heterocycles. The van der Waals surface area contributed by atoms with Gasteiger partial charge in [-0.1, -0.05) is 0 Å². The number of halogens is 1. The number of hydrogen-bond acceptors (Lipinski definition) is 3. The summed E-state index contributed by atoms with van der Waals surface area (Å²) in [6.07, 6.45) is 1.73. The van der Waals surface area contributed by atoms with E-state index in [2.05, 4.69) is 20.9 Å². The Bertz CT molecular complexity index is 467. The second-order valence-corrected chi connectivity index (χ2v) is 5.25. The average molecular weight is 330 g/mol. The van der Waals surface area contributed by atoms with E-state index < -0.39 is 0 Å². The maximum Gasteiger partial charge on any atom is 0.270 e. The highest BCUT2D eigenvalue weighted by molar-refractivity contribution is 9.10. The molecule has 0 spiro atoms. The molecule has 0 saturated carbocycles. The van der Waals surface area contributed by atoms with E-state index in [1.165, 1.54) is 7.11 Å². The molecular formula is C12H16BrN3O3. The van der Waals surface area contributed by atoms with Gasteiger partial charge in [-0.05, 0) is 22.0 Å². The van der Waals surface area contributed by atoms with Gasteiger partial charge in [-0.25, -0.2) is 0 Å². The highest BCUT2D eigenvalue weighted by Gasteiger charge is 2.25. The van der Waals surface area contributed by atoms with Gasteiger partial charge in [-0.2, -0.15) is 0 Å². The molecule has 0 unspecified atom stereocenters. The number of aromatic nitrogens is 1. The molecule has 6 nitrogen and oxygen atoms in total. The van der Waals surface area contributed by atoms with Crippen molar-refractivity contribution in [1.82, 2.24) is 14.8 Å². The minimum absolute atomic E-state index is 0.0304. The van der Waals surface area contributed by atoms with Crippen LogP contribution in [0.2, 0.25) is 0 Å². The largest absolute Gasteiger partial charge is 0.375 e. The number of carbonyl (C=O) groups excluding carboxylic acids is 2. The summed E-state index contributed by atoms with van der Waals surface area (Å²) in [5, 5.41) is 0. The molecule has 2 amide bonds. The van der Waals surface area contributed by atoms with Crippen LogP contribution >= 0.6 is 15.9 Å². The summed E-state index contributed by atoms with van der Waals surface area (Å²) in [5.41, 5.74) is 0.559. The first-order chi connectivity index (χ1) is 9.11. The lowest BCUT2D eigenvalue weighted by atomic mass is 10.2. The minimum Gasteiger partial charge on any atom is -0.375 e. The number of rotatable bonds is 3. The van der Waals surface area contributed by atoms with Crippen LogP contribution in [0.5, 0.6) is 0 Å². The molecule has 104 valence electrons. The molecular weight excluding hydrogens is 314 g/mol. The smallest absolute Gasteiger partial charge is 0.270 e. The Morgan fingerprint density at radius 3 is 2.47 bits per heavy atom. The second kappa shape index (κ2) is 6.21. The van der Waals surface area contributed by atoms with Crippen LogP contribution in [0.4, 0.5) is 0 Å². The molecule has 1 aliphatic heterocycles. The molecule has 19 heavy (non-hydrogen) atoms. The summed E-state index contributed by atoms with van der Waals surface area (Å²) in [7, 11) is 1.50. The lowest BCUT2D eigenvalue weighted by Gasteiger charge is -2.34. The Kier molecular flexibility index (Phi) is 4.60. The van der Waals surface area contributed by atoms with Crippen LogP contribution in [0.15, 0.2) is 16.7 Å². The van der Waals surface area contributed by atoms with E-state index in [1.54, 1.807) is 22.1 Å². The van der Waals surface area contributed by atoms with Crippen molar-refractivity contribution in [3.8, 4) is 0 Å². The van der Waals surface area contributed by atoms with Crippen LogP contribution in [0.1, 0.15) is 10.5 Å². The predicted molar refractivity (Wildman–Crippen MR) is 72.9 cm³/mol. The summed E-state index contributed by atoms with van der Waals surface area (Å²) in [6, 6.07) is 1.75. The SMILES string of the molecule is COCC(=O)N1CCN(C(=O)c2cc(Br)c[nH]2)CC1. The van der Waals surface area contributed by atoms with Gasteiger partial charge >= 0.3 is 0 Å². The van der Waals surface area contributed by atoms with Crippen molar-refractivity contribution in [3.05, 3.63) is 22.4 Å². The molecule has 2 heterocycles. The van der Waals surface area contributed by atoms with Crippen LogP contribution in [0.25, 0.3) is 0 Å². The maximum absolute atomic E-state index is 12.2. The number of piperazine rings is 1. The third-order valence-corrected chi connectivity index (χ3v) is 3.52. The molecule has 0 radical (unpaired) electrons. The molecule has 1 fully saturated rings. The topological polar surface area (TPSA) is 65.6 Å². The first kappa shape index (κ1) is 14.1. The average Bonchev–Trinajstić information content (AvgIpc) is 2.85. The first-order valence-corrected chi connectivity index (χ1v) is 6.81. The van der Waals surface area contributed by atoms with E-state index in [-0.39, 0.29) is 18.4 Å². The number of nitrogens with zero attached hydrogens (tertiary/aromatic N) is 2. The van der Waals surface area contributed by atoms with Gasteiger partial charge in [0.05, 0.1) is 0 Å². The van der Waals surface area contributed by atoms with E-state index in [0.717, 1.165) is 4.47 Å².